The summed E-state index contributed by atoms with van der Waals surface area (Å²) in [4.78, 5) is 11.1. The summed E-state index contributed by atoms with van der Waals surface area (Å²) < 4.78 is 30.9. The first-order valence-corrected chi connectivity index (χ1v) is 9.35. The van der Waals surface area contributed by atoms with Crippen LogP contribution in [0.15, 0.2) is 66.7 Å². The Bertz CT molecular complexity index is 967. The zero-order valence-corrected chi connectivity index (χ0v) is 16.5. The summed E-state index contributed by atoms with van der Waals surface area (Å²) in [7, 11) is 1.61. The van der Waals surface area contributed by atoms with E-state index in [1.54, 1.807) is 19.2 Å². The van der Waals surface area contributed by atoms with Gasteiger partial charge in [0.15, 0.2) is 11.6 Å². The lowest BCUT2D eigenvalue weighted by Crippen LogP contribution is -1.99. The number of benzene rings is 3. The van der Waals surface area contributed by atoms with Gasteiger partial charge in [0.05, 0.1) is 7.11 Å². The number of hydrogen-bond acceptors (Lipinski definition) is 4. The molecule has 3 aromatic rings. The van der Waals surface area contributed by atoms with E-state index < -0.39 is 5.82 Å². The lowest BCUT2D eigenvalue weighted by atomic mass is 10.1. The van der Waals surface area contributed by atoms with Gasteiger partial charge in [0.25, 0.3) is 0 Å². The van der Waals surface area contributed by atoms with Crippen LogP contribution in [0, 0.1) is 5.82 Å². The number of hydrogen-bond donors (Lipinski definition) is 0. The zero-order chi connectivity index (χ0) is 20.6. The number of ether oxygens (including phenoxy) is 3. The van der Waals surface area contributed by atoms with Crippen LogP contribution in [-0.4, -0.2) is 12.9 Å². The van der Waals surface area contributed by atoms with Crippen molar-refractivity contribution < 1.29 is 23.4 Å². The topological polar surface area (TPSA) is 44.8 Å². The third-order valence-corrected chi connectivity index (χ3v) is 4.35. The summed E-state index contributed by atoms with van der Waals surface area (Å²) in [6, 6.07) is 19.5. The molecule has 0 heterocycles. The van der Waals surface area contributed by atoms with Crippen LogP contribution in [-0.2, 0) is 17.8 Å². The van der Waals surface area contributed by atoms with Crippen molar-refractivity contribution in [2.24, 2.45) is 0 Å². The van der Waals surface area contributed by atoms with Crippen LogP contribution in [0.4, 0.5) is 4.39 Å². The Balaban J connectivity index is 1.60. The highest BCUT2D eigenvalue weighted by molar-refractivity contribution is 5.75. The molecule has 0 aliphatic rings. The lowest BCUT2D eigenvalue weighted by molar-refractivity contribution is -0.116. The molecule has 3 aromatic carbocycles. The van der Waals surface area contributed by atoms with E-state index in [2.05, 4.69) is 0 Å². The first-order valence-electron chi connectivity index (χ1n) is 9.35. The van der Waals surface area contributed by atoms with Crippen LogP contribution in [0.3, 0.4) is 0 Å². The SMILES string of the molecule is COc1ccc(Oc2cccc(COc3ccc(CCC(C)=O)cc3F)c2)cc1. The van der Waals surface area contributed by atoms with E-state index in [1.807, 2.05) is 48.5 Å². The highest BCUT2D eigenvalue weighted by Crippen LogP contribution is 2.25. The number of carbonyl (C=O) groups excluding carboxylic acids is 1. The molecule has 0 unspecified atom stereocenters. The average molecular weight is 394 g/mol. The second-order valence-electron chi connectivity index (χ2n) is 6.68. The van der Waals surface area contributed by atoms with Gasteiger partial charge >= 0.3 is 0 Å². The van der Waals surface area contributed by atoms with E-state index in [-0.39, 0.29) is 18.1 Å². The predicted octanol–water partition coefficient (Wildman–Crippen LogP) is 5.73. The first kappa shape index (κ1) is 20.4. The molecule has 5 heteroatoms. The Morgan fingerprint density at radius 3 is 2.34 bits per heavy atom. The Morgan fingerprint density at radius 1 is 0.897 bits per heavy atom. The van der Waals surface area contributed by atoms with E-state index in [9.17, 15) is 9.18 Å². The minimum absolute atomic E-state index is 0.0856. The Morgan fingerprint density at radius 2 is 1.66 bits per heavy atom. The molecule has 0 aliphatic carbocycles. The van der Waals surface area contributed by atoms with Crippen molar-refractivity contribution >= 4 is 5.78 Å². The minimum atomic E-state index is -0.434. The largest absolute Gasteiger partial charge is 0.497 e. The van der Waals surface area contributed by atoms with Gasteiger partial charge in [-0.25, -0.2) is 4.39 Å². The number of rotatable bonds is 9. The molecule has 0 bridgehead atoms. The first-order chi connectivity index (χ1) is 14.0. The molecular formula is C24H23FO4. The molecule has 0 saturated carbocycles. The van der Waals surface area contributed by atoms with Crippen molar-refractivity contribution in [3.05, 3.63) is 83.7 Å². The quantitative estimate of drug-likeness (QED) is 0.465. The molecule has 0 spiro atoms. The number of halogens is 1. The van der Waals surface area contributed by atoms with Gasteiger partial charge in [-0.15, -0.1) is 0 Å². The van der Waals surface area contributed by atoms with Gasteiger partial charge in [-0.05, 0) is 73.0 Å². The summed E-state index contributed by atoms with van der Waals surface area (Å²) in [5.41, 5.74) is 1.64. The average Bonchev–Trinajstić information content (AvgIpc) is 2.72. The lowest BCUT2D eigenvalue weighted by Gasteiger charge is -2.11. The van der Waals surface area contributed by atoms with Crippen LogP contribution in [0.1, 0.15) is 24.5 Å². The van der Waals surface area contributed by atoms with Crippen molar-refractivity contribution in [3.8, 4) is 23.0 Å². The van der Waals surface area contributed by atoms with Crippen molar-refractivity contribution in [3.63, 3.8) is 0 Å². The van der Waals surface area contributed by atoms with Gasteiger partial charge in [0, 0.05) is 6.42 Å². The fraction of sp³-hybridized carbons (Fsp3) is 0.208. The highest BCUT2D eigenvalue weighted by Gasteiger charge is 2.07. The standard InChI is InChI=1S/C24H23FO4/c1-17(26)6-7-18-8-13-24(23(25)15-18)28-16-19-4-3-5-22(14-19)29-21-11-9-20(27-2)10-12-21/h3-5,8-15H,6-7,16H2,1-2H3. The normalized spacial score (nSPS) is 10.4. The predicted molar refractivity (Wildman–Crippen MR) is 109 cm³/mol. The number of carbonyl (C=O) groups is 1. The zero-order valence-electron chi connectivity index (χ0n) is 16.5. The van der Waals surface area contributed by atoms with Gasteiger partial charge in [0.1, 0.15) is 29.6 Å². The van der Waals surface area contributed by atoms with E-state index in [1.165, 1.54) is 13.0 Å². The summed E-state index contributed by atoms with van der Waals surface area (Å²) in [6.45, 7) is 1.74. The van der Waals surface area contributed by atoms with Crippen LogP contribution in [0.25, 0.3) is 0 Å². The molecule has 0 amide bonds. The van der Waals surface area contributed by atoms with Crippen LogP contribution in [0.2, 0.25) is 0 Å². The second-order valence-corrected chi connectivity index (χ2v) is 6.68. The van der Waals surface area contributed by atoms with Gasteiger partial charge in [0.2, 0.25) is 0 Å². The summed E-state index contributed by atoms with van der Waals surface area (Å²) in [5, 5.41) is 0. The minimum Gasteiger partial charge on any atom is -0.497 e. The molecule has 0 N–H and O–H groups in total. The van der Waals surface area contributed by atoms with E-state index in [0.717, 1.165) is 16.9 Å². The number of methoxy groups -OCH3 is 1. The third kappa shape index (κ3) is 6.07. The van der Waals surface area contributed by atoms with Crippen molar-refractivity contribution in [2.45, 2.75) is 26.4 Å². The van der Waals surface area contributed by atoms with Gasteiger partial charge in [-0.1, -0.05) is 18.2 Å². The van der Waals surface area contributed by atoms with Gasteiger partial charge < -0.3 is 19.0 Å². The van der Waals surface area contributed by atoms with Crippen LogP contribution >= 0.6 is 0 Å². The smallest absolute Gasteiger partial charge is 0.165 e. The van der Waals surface area contributed by atoms with Crippen LogP contribution in [0.5, 0.6) is 23.0 Å². The monoisotopic (exact) mass is 394 g/mol. The van der Waals surface area contributed by atoms with Crippen molar-refractivity contribution in [2.75, 3.05) is 7.11 Å². The molecule has 0 fully saturated rings. The van der Waals surface area contributed by atoms with Crippen molar-refractivity contribution in [1.82, 2.24) is 0 Å². The maximum atomic E-state index is 14.3. The van der Waals surface area contributed by atoms with Gasteiger partial charge in [-0.2, -0.15) is 0 Å². The fourth-order valence-electron chi connectivity index (χ4n) is 2.78. The maximum Gasteiger partial charge on any atom is 0.165 e. The third-order valence-electron chi connectivity index (χ3n) is 4.35. The highest BCUT2D eigenvalue weighted by atomic mass is 19.1. The van der Waals surface area contributed by atoms with Crippen molar-refractivity contribution in [1.29, 1.82) is 0 Å². The molecule has 0 aliphatic heterocycles. The molecular weight excluding hydrogens is 371 g/mol. The number of aryl methyl sites for hydroxylation is 1. The Labute approximate surface area is 169 Å². The van der Waals surface area contributed by atoms with E-state index >= 15 is 0 Å². The molecule has 0 atom stereocenters. The molecule has 150 valence electrons. The molecule has 4 nitrogen and oxygen atoms in total. The van der Waals surface area contributed by atoms with E-state index in [0.29, 0.717) is 24.3 Å². The Kier molecular flexibility index (Phi) is 6.85. The van der Waals surface area contributed by atoms with E-state index in [4.69, 9.17) is 14.2 Å². The molecule has 3 rings (SSSR count). The Hall–Kier alpha value is -3.34. The number of ketones is 1. The van der Waals surface area contributed by atoms with Gasteiger partial charge in [-0.3, -0.25) is 0 Å². The fourth-order valence-corrected chi connectivity index (χ4v) is 2.78. The van der Waals surface area contributed by atoms with Crippen LogP contribution < -0.4 is 14.2 Å². The summed E-state index contributed by atoms with van der Waals surface area (Å²) >= 11 is 0. The molecule has 0 aromatic heterocycles. The molecule has 0 radical (unpaired) electrons. The number of Topliss-reactive ketones (excluding diaryl/α,β-unsaturated/α-hetero) is 1. The molecule has 29 heavy (non-hydrogen) atoms. The molecule has 0 saturated heterocycles. The second kappa shape index (κ2) is 9.73. The maximum absolute atomic E-state index is 14.3. The summed E-state index contributed by atoms with van der Waals surface area (Å²) in [5.74, 6) is 1.94. The summed E-state index contributed by atoms with van der Waals surface area (Å²) in [6.07, 6.45) is 0.928.